The lowest BCUT2D eigenvalue weighted by Gasteiger charge is -2.46. The Bertz CT molecular complexity index is 271. The molecule has 1 aliphatic rings. The Morgan fingerprint density at radius 3 is 2.35 bits per heavy atom. The van der Waals surface area contributed by atoms with Crippen molar-refractivity contribution in [2.75, 3.05) is 26.2 Å². The van der Waals surface area contributed by atoms with E-state index in [0.29, 0.717) is 12.5 Å². The number of hydrogen-bond donors (Lipinski definition) is 1. The van der Waals surface area contributed by atoms with Crippen LogP contribution in [0.1, 0.15) is 34.6 Å². The molecule has 17 heavy (non-hydrogen) atoms. The van der Waals surface area contributed by atoms with Crippen LogP contribution in [-0.4, -0.2) is 53.2 Å². The van der Waals surface area contributed by atoms with Gasteiger partial charge >= 0.3 is 6.09 Å². The second kappa shape index (κ2) is 5.25. The van der Waals surface area contributed by atoms with Crippen LogP contribution in [0.2, 0.25) is 0 Å². The standard InChI is InChI=1S/C13H26N2O2/c1-10(2)8-14-6-7-15(12(16)17)11(9-14)13(3,4)5/h10-11H,6-9H2,1-5H3,(H,16,17). The van der Waals surface area contributed by atoms with Crippen LogP contribution in [0.3, 0.4) is 0 Å². The predicted octanol–water partition coefficient (Wildman–Crippen LogP) is 2.35. The van der Waals surface area contributed by atoms with Crippen LogP contribution in [0.4, 0.5) is 4.79 Å². The third kappa shape index (κ3) is 3.87. The largest absolute Gasteiger partial charge is 0.465 e. The summed E-state index contributed by atoms with van der Waals surface area (Å²) in [6, 6.07) is 0.0903. The molecule has 1 N–H and O–H groups in total. The zero-order valence-corrected chi connectivity index (χ0v) is 11.7. The summed E-state index contributed by atoms with van der Waals surface area (Å²) < 4.78 is 0. The highest BCUT2D eigenvalue weighted by Gasteiger charge is 2.37. The van der Waals surface area contributed by atoms with Crippen molar-refractivity contribution in [2.45, 2.75) is 40.7 Å². The molecule has 0 aliphatic carbocycles. The molecule has 1 amide bonds. The van der Waals surface area contributed by atoms with Crippen molar-refractivity contribution < 1.29 is 9.90 Å². The summed E-state index contributed by atoms with van der Waals surface area (Å²) in [5, 5.41) is 9.25. The summed E-state index contributed by atoms with van der Waals surface area (Å²) in [5.41, 5.74) is -0.00591. The predicted molar refractivity (Wildman–Crippen MR) is 69.3 cm³/mol. The van der Waals surface area contributed by atoms with Gasteiger partial charge in [0.05, 0.1) is 6.04 Å². The van der Waals surface area contributed by atoms with Gasteiger partial charge in [0.2, 0.25) is 0 Å². The third-order valence-electron chi connectivity index (χ3n) is 3.33. The van der Waals surface area contributed by atoms with E-state index in [-0.39, 0.29) is 11.5 Å². The average molecular weight is 242 g/mol. The Balaban J connectivity index is 2.74. The van der Waals surface area contributed by atoms with Gasteiger partial charge in [-0.1, -0.05) is 34.6 Å². The first-order valence-electron chi connectivity index (χ1n) is 6.43. The van der Waals surface area contributed by atoms with Crippen molar-refractivity contribution in [3.05, 3.63) is 0 Å². The van der Waals surface area contributed by atoms with E-state index in [1.54, 1.807) is 4.90 Å². The maximum Gasteiger partial charge on any atom is 0.407 e. The summed E-state index contributed by atoms with van der Waals surface area (Å²) in [7, 11) is 0. The number of amides is 1. The molecule has 4 heteroatoms. The molecule has 0 bridgehead atoms. The van der Waals surface area contributed by atoms with Gasteiger partial charge in [-0.05, 0) is 11.3 Å². The Morgan fingerprint density at radius 1 is 1.35 bits per heavy atom. The molecule has 1 rings (SSSR count). The van der Waals surface area contributed by atoms with Crippen molar-refractivity contribution in [3.63, 3.8) is 0 Å². The monoisotopic (exact) mass is 242 g/mol. The Labute approximate surface area is 105 Å². The molecule has 0 aromatic carbocycles. The van der Waals surface area contributed by atoms with Crippen LogP contribution in [0.5, 0.6) is 0 Å². The highest BCUT2D eigenvalue weighted by molar-refractivity contribution is 5.65. The van der Waals surface area contributed by atoms with E-state index in [1.807, 2.05) is 0 Å². The van der Waals surface area contributed by atoms with Gasteiger partial charge < -0.3 is 10.0 Å². The Kier molecular flexibility index (Phi) is 4.42. The van der Waals surface area contributed by atoms with Crippen LogP contribution in [-0.2, 0) is 0 Å². The van der Waals surface area contributed by atoms with Gasteiger partial charge in [0.1, 0.15) is 0 Å². The lowest BCUT2D eigenvalue weighted by atomic mass is 9.84. The smallest absolute Gasteiger partial charge is 0.407 e. The van der Waals surface area contributed by atoms with Crippen molar-refractivity contribution >= 4 is 6.09 Å². The number of piperazine rings is 1. The minimum absolute atomic E-state index is 0.00591. The van der Waals surface area contributed by atoms with E-state index in [4.69, 9.17) is 0 Å². The van der Waals surface area contributed by atoms with Crippen LogP contribution in [0.15, 0.2) is 0 Å². The Hall–Kier alpha value is -0.770. The minimum atomic E-state index is -0.783. The molecular formula is C13H26N2O2. The summed E-state index contributed by atoms with van der Waals surface area (Å²) in [5.74, 6) is 0.631. The van der Waals surface area contributed by atoms with Gasteiger partial charge in [-0.25, -0.2) is 4.79 Å². The maximum absolute atomic E-state index is 11.2. The summed E-state index contributed by atoms with van der Waals surface area (Å²) in [6.07, 6.45) is -0.783. The zero-order valence-electron chi connectivity index (χ0n) is 11.7. The van der Waals surface area contributed by atoms with E-state index in [9.17, 15) is 9.90 Å². The molecule has 1 atom stereocenters. The van der Waals surface area contributed by atoms with Crippen LogP contribution in [0, 0.1) is 11.3 Å². The van der Waals surface area contributed by atoms with Gasteiger partial charge in [-0.2, -0.15) is 0 Å². The molecule has 0 spiro atoms. The molecule has 1 saturated heterocycles. The molecule has 1 unspecified atom stereocenters. The molecule has 1 fully saturated rings. The fourth-order valence-corrected chi connectivity index (χ4v) is 2.49. The molecule has 0 aromatic rings. The van der Waals surface area contributed by atoms with E-state index >= 15 is 0 Å². The van der Waals surface area contributed by atoms with Gasteiger partial charge in [-0.15, -0.1) is 0 Å². The first kappa shape index (κ1) is 14.3. The topological polar surface area (TPSA) is 43.8 Å². The van der Waals surface area contributed by atoms with Crippen LogP contribution in [0.25, 0.3) is 0 Å². The molecule has 0 aromatic heterocycles. The quantitative estimate of drug-likeness (QED) is 0.808. The van der Waals surface area contributed by atoms with E-state index in [1.165, 1.54) is 0 Å². The van der Waals surface area contributed by atoms with Crippen LogP contribution < -0.4 is 0 Å². The highest BCUT2D eigenvalue weighted by Crippen LogP contribution is 2.28. The molecular weight excluding hydrogens is 216 g/mol. The summed E-state index contributed by atoms with van der Waals surface area (Å²) in [4.78, 5) is 15.2. The summed E-state index contributed by atoms with van der Waals surface area (Å²) in [6.45, 7) is 14.2. The Morgan fingerprint density at radius 2 is 1.94 bits per heavy atom. The van der Waals surface area contributed by atoms with Gasteiger partial charge in [-0.3, -0.25) is 4.90 Å². The van der Waals surface area contributed by atoms with E-state index in [2.05, 4.69) is 39.5 Å². The average Bonchev–Trinajstić information content (AvgIpc) is 2.14. The van der Waals surface area contributed by atoms with Gasteiger partial charge in [0.25, 0.3) is 0 Å². The molecule has 1 heterocycles. The maximum atomic E-state index is 11.2. The van der Waals surface area contributed by atoms with E-state index < -0.39 is 6.09 Å². The molecule has 4 nitrogen and oxygen atoms in total. The number of hydrogen-bond acceptors (Lipinski definition) is 2. The van der Waals surface area contributed by atoms with Gasteiger partial charge in [0, 0.05) is 26.2 Å². The SMILES string of the molecule is CC(C)CN1CCN(C(=O)O)C(C(C)(C)C)C1. The second-order valence-corrected chi connectivity index (χ2v) is 6.51. The fraction of sp³-hybridized carbons (Fsp3) is 0.923. The molecule has 0 saturated carbocycles. The normalized spacial score (nSPS) is 23.2. The van der Waals surface area contributed by atoms with Gasteiger partial charge in [0.15, 0.2) is 0 Å². The zero-order chi connectivity index (χ0) is 13.2. The molecule has 1 aliphatic heterocycles. The molecule has 100 valence electrons. The third-order valence-corrected chi connectivity index (χ3v) is 3.33. The second-order valence-electron chi connectivity index (χ2n) is 6.51. The molecule has 0 radical (unpaired) electrons. The number of nitrogens with zero attached hydrogens (tertiary/aromatic N) is 2. The fourth-order valence-electron chi connectivity index (χ4n) is 2.49. The number of rotatable bonds is 2. The van der Waals surface area contributed by atoms with Crippen molar-refractivity contribution in [1.82, 2.24) is 9.80 Å². The lowest BCUT2D eigenvalue weighted by molar-refractivity contribution is 0.0182. The van der Waals surface area contributed by atoms with Crippen LogP contribution >= 0.6 is 0 Å². The first-order valence-corrected chi connectivity index (χ1v) is 6.43. The van der Waals surface area contributed by atoms with E-state index in [0.717, 1.165) is 19.6 Å². The van der Waals surface area contributed by atoms with Crippen molar-refractivity contribution in [2.24, 2.45) is 11.3 Å². The summed E-state index contributed by atoms with van der Waals surface area (Å²) >= 11 is 0. The van der Waals surface area contributed by atoms with Crippen molar-refractivity contribution in [1.29, 1.82) is 0 Å². The number of carbonyl (C=O) groups is 1. The van der Waals surface area contributed by atoms with Crippen molar-refractivity contribution in [3.8, 4) is 0 Å². The highest BCUT2D eigenvalue weighted by atomic mass is 16.4. The number of carboxylic acid groups (broad SMARTS) is 1. The first-order chi connectivity index (χ1) is 7.71. The minimum Gasteiger partial charge on any atom is -0.465 e. The lowest BCUT2D eigenvalue weighted by Crippen LogP contribution is -2.59.